The Morgan fingerprint density at radius 3 is 2.69 bits per heavy atom. The van der Waals surface area contributed by atoms with Crippen LogP contribution in [0.4, 0.5) is 5.13 Å². The quantitative estimate of drug-likeness (QED) is 0.684. The fourth-order valence-electron chi connectivity index (χ4n) is 0.648. The summed E-state index contributed by atoms with van der Waals surface area (Å²) in [6.07, 6.45) is -0.557. The molecule has 0 spiro atoms. The van der Waals surface area contributed by atoms with Crippen molar-refractivity contribution in [3.8, 4) is 0 Å². The Kier molecular flexibility index (Phi) is 2.91. The Morgan fingerprint density at radius 1 is 1.54 bits per heavy atom. The number of carbonyl (C=O) groups is 2. The molecule has 13 heavy (non-hydrogen) atoms. The van der Waals surface area contributed by atoms with E-state index in [-0.39, 0.29) is 0 Å². The summed E-state index contributed by atoms with van der Waals surface area (Å²) >= 11 is 1.20. The van der Waals surface area contributed by atoms with Crippen molar-refractivity contribution in [3.05, 3.63) is 5.01 Å². The van der Waals surface area contributed by atoms with E-state index in [1.807, 2.05) is 0 Å². The summed E-state index contributed by atoms with van der Waals surface area (Å²) in [5.41, 5.74) is 0. The maximum atomic E-state index is 10.9. The Morgan fingerprint density at radius 2 is 2.23 bits per heavy atom. The maximum absolute atomic E-state index is 10.9. The number of aromatic nitrogens is 2. The second-order valence-corrected chi connectivity index (χ2v) is 3.43. The van der Waals surface area contributed by atoms with Gasteiger partial charge in [-0.25, -0.2) is 0 Å². The molecule has 1 heterocycles. The Bertz CT molecular complexity index is 336. The van der Waals surface area contributed by atoms with Crippen molar-refractivity contribution in [3.63, 3.8) is 0 Å². The van der Waals surface area contributed by atoms with E-state index in [2.05, 4.69) is 15.5 Å². The van der Waals surface area contributed by atoms with Gasteiger partial charge in [-0.3, -0.25) is 9.59 Å². The number of carboxylic acid groups (broad SMARTS) is 1. The summed E-state index contributed by atoms with van der Waals surface area (Å²) in [5.74, 6) is -1.76. The van der Waals surface area contributed by atoms with Crippen LogP contribution in [0.1, 0.15) is 11.4 Å². The fourth-order valence-corrected chi connectivity index (χ4v) is 1.26. The van der Waals surface area contributed by atoms with E-state index >= 15 is 0 Å². The van der Waals surface area contributed by atoms with E-state index in [4.69, 9.17) is 5.11 Å². The highest BCUT2D eigenvalue weighted by atomic mass is 32.1. The smallest absolute Gasteiger partial charge is 0.312 e. The lowest BCUT2D eigenvalue weighted by atomic mass is 10.4. The van der Waals surface area contributed by atoms with Crippen LogP contribution in [0.15, 0.2) is 0 Å². The van der Waals surface area contributed by atoms with Gasteiger partial charge in [0, 0.05) is 0 Å². The number of aryl methyl sites for hydroxylation is 1. The summed E-state index contributed by atoms with van der Waals surface area (Å²) in [6.45, 7) is 1.74. The predicted octanol–water partition coefficient (Wildman–Crippen LogP) is 0.260. The van der Waals surface area contributed by atoms with Crippen LogP contribution in [-0.4, -0.2) is 27.2 Å². The molecule has 1 aromatic heterocycles. The van der Waals surface area contributed by atoms with Crippen LogP contribution in [0.3, 0.4) is 0 Å². The van der Waals surface area contributed by atoms with Gasteiger partial charge in [0.05, 0.1) is 0 Å². The monoisotopic (exact) mass is 201 g/mol. The van der Waals surface area contributed by atoms with Crippen molar-refractivity contribution in [1.29, 1.82) is 0 Å². The van der Waals surface area contributed by atoms with Gasteiger partial charge in [-0.2, -0.15) is 0 Å². The lowest BCUT2D eigenvalue weighted by Crippen LogP contribution is -2.15. The average Bonchev–Trinajstić information content (AvgIpc) is 2.33. The molecule has 0 atom stereocenters. The number of hydrogen-bond donors (Lipinski definition) is 2. The van der Waals surface area contributed by atoms with Gasteiger partial charge in [-0.05, 0) is 6.92 Å². The zero-order chi connectivity index (χ0) is 9.84. The molecular formula is C6H7N3O3S. The molecule has 0 bridgehead atoms. The molecule has 0 unspecified atom stereocenters. The third kappa shape index (κ3) is 3.16. The highest BCUT2D eigenvalue weighted by Crippen LogP contribution is 2.13. The Labute approximate surface area is 77.6 Å². The molecule has 70 valence electrons. The standard InChI is InChI=1S/C6H7N3O3S/c1-3-8-9-6(13-3)7-4(10)2-5(11)12/h2H2,1H3,(H,11,12)(H,7,9,10). The zero-order valence-corrected chi connectivity index (χ0v) is 7.59. The minimum atomic E-state index is -1.17. The fraction of sp³-hybridized carbons (Fsp3) is 0.333. The molecule has 0 aromatic carbocycles. The Hall–Kier alpha value is -1.50. The lowest BCUT2D eigenvalue weighted by Gasteiger charge is -1.95. The molecule has 1 aromatic rings. The minimum absolute atomic E-state index is 0.323. The molecule has 0 aliphatic carbocycles. The van der Waals surface area contributed by atoms with Gasteiger partial charge in [0.2, 0.25) is 11.0 Å². The summed E-state index contributed by atoms with van der Waals surface area (Å²) in [7, 11) is 0. The van der Waals surface area contributed by atoms with Crippen molar-refractivity contribution in [2.24, 2.45) is 0 Å². The second kappa shape index (κ2) is 3.94. The van der Waals surface area contributed by atoms with Crippen LogP contribution in [0, 0.1) is 6.92 Å². The molecule has 7 heteroatoms. The van der Waals surface area contributed by atoms with Crippen LogP contribution < -0.4 is 5.32 Å². The molecular weight excluding hydrogens is 194 g/mol. The zero-order valence-electron chi connectivity index (χ0n) is 6.77. The van der Waals surface area contributed by atoms with Crippen LogP contribution in [0.2, 0.25) is 0 Å². The molecule has 1 rings (SSSR count). The number of rotatable bonds is 3. The lowest BCUT2D eigenvalue weighted by molar-refractivity contribution is -0.139. The largest absolute Gasteiger partial charge is 0.481 e. The third-order valence-electron chi connectivity index (χ3n) is 1.08. The van der Waals surface area contributed by atoms with E-state index in [0.717, 1.165) is 0 Å². The van der Waals surface area contributed by atoms with Gasteiger partial charge in [0.1, 0.15) is 11.4 Å². The number of amides is 1. The van der Waals surface area contributed by atoms with Crippen molar-refractivity contribution in [2.75, 3.05) is 5.32 Å². The van der Waals surface area contributed by atoms with Crippen LogP contribution >= 0.6 is 11.3 Å². The molecule has 0 aliphatic rings. The van der Waals surface area contributed by atoms with E-state index in [1.54, 1.807) is 6.92 Å². The molecule has 2 N–H and O–H groups in total. The summed E-state index contributed by atoms with van der Waals surface area (Å²) in [6, 6.07) is 0. The normalized spacial score (nSPS) is 9.62. The predicted molar refractivity (Wildman–Crippen MR) is 45.5 cm³/mol. The van der Waals surface area contributed by atoms with Crippen molar-refractivity contribution >= 4 is 28.3 Å². The first-order valence-corrected chi connectivity index (χ1v) is 4.21. The van der Waals surface area contributed by atoms with E-state index in [0.29, 0.717) is 10.1 Å². The first-order valence-electron chi connectivity index (χ1n) is 3.39. The third-order valence-corrected chi connectivity index (χ3v) is 1.84. The molecule has 0 fully saturated rings. The van der Waals surface area contributed by atoms with Crippen molar-refractivity contribution in [1.82, 2.24) is 10.2 Å². The van der Waals surface area contributed by atoms with Gasteiger partial charge in [0.25, 0.3) is 0 Å². The van der Waals surface area contributed by atoms with E-state index in [1.165, 1.54) is 11.3 Å². The Balaban J connectivity index is 2.50. The van der Waals surface area contributed by atoms with Crippen LogP contribution in [-0.2, 0) is 9.59 Å². The highest BCUT2D eigenvalue weighted by Gasteiger charge is 2.09. The van der Waals surface area contributed by atoms with Crippen molar-refractivity contribution in [2.45, 2.75) is 13.3 Å². The number of anilines is 1. The highest BCUT2D eigenvalue weighted by molar-refractivity contribution is 7.15. The SMILES string of the molecule is Cc1nnc(NC(=O)CC(=O)O)s1. The van der Waals surface area contributed by atoms with Gasteiger partial charge in [0.15, 0.2) is 0 Å². The number of carboxylic acids is 1. The van der Waals surface area contributed by atoms with Gasteiger partial charge in [-0.15, -0.1) is 10.2 Å². The maximum Gasteiger partial charge on any atom is 0.312 e. The first kappa shape index (κ1) is 9.59. The van der Waals surface area contributed by atoms with Crippen molar-refractivity contribution < 1.29 is 14.7 Å². The molecule has 0 radical (unpaired) electrons. The molecule has 6 nitrogen and oxygen atoms in total. The average molecular weight is 201 g/mol. The molecule has 0 saturated heterocycles. The number of nitrogens with one attached hydrogen (secondary N) is 1. The van der Waals surface area contributed by atoms with E-state index < -0.39 is 18.3 Å². The first-order chi connectivity index (χ1) is 6.08. The molecule has 0 saturated carbocycles. The second-order valence-electron chi connectivity index (χ2n) is 2.24. The molecule has 0 aliphatic heterocycles. The van der Waals surface area contributed by atoms with Gasteiger partial charge in [-0.1, -0.05) is 11.3 Å². The summed E-state index contributed by atoms with van der Waals surface area (Å²) in [5, 5.41) is 18.9. The molecule has 1 amide bonds. The minimum Gasteiger partial charge on any atom is -0.481 e. The van der Waals surface area contributed by atoms with Gasteiger partial charge >= 0.3 is 5.97 Å². The number of hydrogen-bond acceptors (Lipinski definition) is 5. The topological polar surface area (TPSA) is 92.2 Å². The van der Waals surface area contributed by atoms with Crippen LogP contribution in [0.25, 0.3) is 0 Å². The number of nitrogens with zero attached hydrogens (tertiary/aromatic N) is 2. The number of carbonyl (C=O) groups excluding carboxylic acids is 1. The summed E-state index contributed by atoms with van der Waals surface area (Å²) < 4.78 is 0. The number of aliphatic carboxylic acids is 1. The van der Waals surface area contributed by atoms with Gasteiger partial charge < -0.3 is 10.4 Å². The van der Waals surface area contributed by atoms with Crippen LogP contribution in [0.5, 0.6) is 0 Å². The van der Waals surface area contributed by atoms with E-state index in [9.17, 15) is 9.59 Å². The summed E-state index contributed by atoms with van der Waals surface area (Å²) in [4.78, 5) is 21.0.